The lowest BCUT2D eigenvalue weighted by Gasteiger charge is -2.37. The molecule has 7 nitrogen and oxygen atoms in total. The zero-order valence-corrected chi connectivity index (χ0v) is 18.6. The molecule has 3 heterocycles. The van der Waals surface area contributed by atoms with Crippen molar-refractivity contribution in [2.24, 2.45) is 5.92 Å². The number of nitrogens with zero attached hydrogens (tertiary/aromatic N) is 4. The van der Waals surface area contributed by atoms with Gasteiger partial charge in [-0.25, -0.2) is 4.98 Å². The Hall–Kier alpha value is -2.16. The predicted molar refractivity (Wildman–Crippen MR) is 116 cm³/mol. The molecule has 0 saturated carbocycles. The van der Waals surface area contributed by atoms with E-state index in [-0.39, 0.29) is 23.8 Å². The van der Waals surface area contributed by atoms with E-state index in [2.05, 4.69) is 15.0 Å². The van der Waals surface area contributed by atoms with E-state index < -0.39 is 0 Å². The Labute approximate surface area is 184 Å². The summed E-state index contributed by atoms with van der Waals surface area (Å²) in [5.41, 5.74) is 0.961. The van der Waals surface area contributed by atoms with Gasteiger partial charge in [-0.15, -0.1) is 5.10 Å². The lowest BCUT2D eigenvalue weighted by Crippen LogP contribution is -2.41. The molecule has 1 aliphatic heterocycles. The highest BCUT2D eigenvalue weighted by molar-refractivity contribution is 7.17. The van der Waals surface area contributed by atoms with E-state index >= 15 is 0 Å². The molecule has 1 N–H and O–H groups in total. The molecule has 2 atom stereocenters. The number of hydrogen-bond donors (Lipinski definition) is 1. The first-order valence-corrected chi connectivity index (χ1v) is 11.4. The number of fused-ring (bicyclic) bond motifs is 1. The van der Waals surface area contributed by atoms with E-state index in [1.807, 2.05) is 38.1 Å². The Balaban J connectivity index is 1.75. The molecule has 0 aliphatic carbocycles. The van der Waals surface area contributed by atoms with Crippen molar-refractivity contribution in [1.82, 2.24) is 19.5 Å². The van der Waals surface area contributed by atoms with Crippen LogP contribution in [-0.2, 0) is 16.0 Å². The zero-order valence-electron chi connectivity index (χ0n) is 17.0. The van der Waals surface area contributed by atoms with Gasteiger partial charge in [-0.1, -0.05) is 42.0 Å². The number of thiazole rings is 1. The van der Waals surface area contributed by atoms with Crippen LogP contribution in [0.5, 0.6) is 5.88 Å². The molecule has 0 radical (unpaired) electrons. The number of likely N-dealkylation sites (tertiary alicyclic amines) is 1. The Bertz CT molecular complexity index is 1050. The van der Waals surface area contributed by atoms with Gasteiger partial charge in [0.2, 0.25) is 10.8 Å². The molecule has 30 heavy (non-hydrogen) atoms. The van der Waals surface area contributed by atoms with Crippen LogP contribution in [0.1, 0.15) is 49.0 Å². The van der Waals surface area contributed by atoms with E-state index in [1.165, 1.54) is 15.9 Å². The van der Waals surface area contributed by atoms with Gasteiger partial charge < -0.3 is 9.84 Å². The average Bonchev–Trinajstić information content (AvgIpc) is 3.28. The first kappa shape index (κ1) is 21.1. The number of halogens is 1. The standard InChI is InChI=1S/C21H25ClN4O3S/c1-3-16-23-21-26(24-16)19(27)18(30-21)17(13-7-5-9-15(22)11-13)25-10-6-8-14(12-25)20(28)29-4-2/h5,7,9,11,14,17,27H,3-4,6,8,10,12H2,1-2H3/t14-,17-/m0/s1. The van der Waals surface area contributed by atoms with Gasteiger partial charge in [-0.3, -0.25) is 9.69 Å². The van der Waals surface area contributed by atoms with E-state index in [9.17, 15) is 9.90 Å². The Morgan fingerprint density at radius 2 is 2.27 bits per heavy atom. The monoisotopic (exact) mass is 448 g/mol. The van der Waals surface area contributed by atoms with Gasteiger partial charge in [-0.2, -0.15) is 4.52 Å². The first-order valence-electron chi connectivity index (χ1n) is 10.2. The highest BCUT2D eigenvalue weighted by Gasteiger charge is 2.35. The van der Waals surface area contributed by atoms with Crippen molar-refractivity contribution < 1.29 is 14.6 Å². The van der Waals surface area contributed by atoms with Crippen LogP contribution in [0.3, 0.4) is 0 Å². The number of aryl methyl sites for hydroxylation is 1. The number of benzene rings is 1. The van der Waals surface area contributed by atoms with Crippen LogP contribution in [0.25, 0.3) is 4.96 Å². The molecule has 0 amide bonds. The SMILES string of the molecule is CCOC(=O)[C@H]1CCCN([C@@H](c2cccc(Cl)c2)c2sc3nc(CC)nn3c2O)C1. The average molecular weight is 449 g/mol. The lowest BCUT2D eigenvalue weighted by atomic mass is 9.94. The van der Waals surface area contributed by atoms with Gasteiger partial charge in [-0.05, 0) is 44.0 Å². The summed E-state index contributed by atoms with van der Waals surface area (Å²) in [6.45, 7) is 5.55. The van der Waals surface area contributed by atoms with E-state index in [0.29, 0.717) is 35.4 Å². The largest absolute Gasteiger partial charge is 0.492 e. The molecular weight excluding hydrogens is 424 g/mol. The number of aromatic nitrogens is 3. The van der Waals surface area contributed by atoms with Crippen LogP contribution >= 0.6 is 22.9 Å². The van der Waals surface area contributed by atoms with Crippen molar-refractivity contribution in [2.75, 3.05) is 19.7 Å². The number of carbonyl (C=O) groups is 1. The topological polar surface area (TPSA) is 80.0 Å². The van der Waals surface area contributed by atoms with Crippen LogP contribution in [0.15, 0.2) is 24.3 Å². The van der Waals surface area contributed by atoms with E-state index in [1.54, 1.807) is 0 Å². The highest BCUT2D eigenvalue weighted by atomic mass is 35.5. The number of carbonyl (C=O) groups excluding carboxylic acids is 1. The van der Waals surface area contributed by atoms with E-state index in [0.717, 1.165) is 29.8 Å². The van der Waals surface area contributed by atoms with Gasteiger partial charge in [0.25, 0.3) is 0 Å². The molecule has 1 fully saturated rings. The summed E-state index contributed by atoms with van der Waals surface area (Å²) in [7, 11) is 0. The van der Waals surface area contributed by atoms with Crippen molar-refractivity contribution >= 4 is 33.9 Å². The second-order valence-electron chi connectivity index (χ2n) is 7.41. The summed E-state index contributed by atoms with van der Waals surface area (Å²) in [6, 6.07) is 7.39. The maximum atomic E-state index is 12.4. The van der Waals surface area contributed by atoms with Crippen LogP contribution in [0, 0.1) is 5.92 Å². The second kappa shape index (κ2) is 8.91. The van der Waals surface area contributed by atoms with Gasteiger partial charge >= 0.3 is 5.97 Å². The smallest absolute Gasteiger partial charge is 0.310 e. The number of esters is 1. The minimum Gasteiger partial charge on any atom is -0.492 e. The molecule has 1 aromatic carbocycles. The molecule has 2 aromatic heterocycles. The van der Waals surface area contributed by atoms with Gasteiger partial charge in [0.1, 0.15) is 0 Å². The summed E-state index contributed by atoms with van der Waals surface area (Å²) in [6.07, 6.45) is 2.38. The molecule has 9 heteroatoms. The summed E-state index contributed by atoms with van der Waals surface area (Å²) in [5.74, 6) is 0.441. The normalized spacial score (nSPS) is 18.6. The second-order valence-corrected chi connectivity index (χ2v) is 8.86. The first-order chi connectivity index (χ1) is 14.5. The third kappa shape index (κ3) is 4.04. The molecule has 1 aliphatic rings. The molecule has 0 spiro atoms. The number of hydrogen-bond acceptors (Lipinski definition) is 7. The Morgan fingerprint density at radius 1 is 1.43 bits per heavy atom. The van der Waals surface area contributed by atoms with Crippen molar-refractivity contribution in [3.63, 3.8) is 0 Å². The van der Waals surface area contributed by atoms with Crippen molar-refractivity contribution in [1.29, 1.82) is 0 Å². The minimum absolute atomic E-state index is 0.0884. The molecule has 160 valence electrons. The van der Waals surface area contributed by atoms with Crippen molar-refractivity contribution in [3.8, 4) is 5.88 Å². The maximum Gasteiger partial charge on any atom is 0.310 e. The Morgan fingerprint density at radius 3 is 2.97 bits per heavy atom. The molecule has 0 bridgehead atoms. The van der Waals surface area contributed by atoms with Gasteiger partial charge in [0, 0.05) is 18.0 Å². The molecule has 4 rings (SSSR count). The fraction of sp³-hybridized carbons (Fsp3) is 0.476. The van der Waals surface area contributed by atoms with E-state index in [4.69, 9.17) is 16.3 Å². The molecule has 3 aromatic rings. The third-order valence-corrected chi connectivity index (χ3v) is 6.72. The van der Waals surface area contributed by atoms with Gasteiger partial charge in [0.15, 0.2) is 5.82 Å². The molecule has 1 saturated heterocycles. The number of aromatic hydroxyl groups is 1. The molecule has 0 unspecified atom stereocenters. The molecular formula is C21H25ClN4O3S. The maximum absolute atomic E-state index is 12.4. The zero-order chi connectivity index (χ0) is 21.3. The summed E-state index contributed by atoms with van der Waals surface area (Å²) in [5, 5.41) is 16.0. The van der Waals surface area contributed by atoms with Gasteiger partial charge in [0.05, 0.1) is 23.4 Å². The highest BCUT2D eigenvalue weighted by Crippen LogP contribution is 2.42. The number of piperidine rings is 1. The number of rotatable bonds is 6. The summed E-state index contributed by atoms with van der Waals surface area (Å²) >= 11 is 7.71. The fourth-order valence-electron chi connectivity index (χ4n) is 4.02. The lowest BCUT2D eigenvalue weighted by molar-refractivity contribution is -0.150. The third-order valence-electron chi connectivity index (χ3n) is 5.41. The summed E-state index contributed by atoms with van der Waals surface area (Å²) < 4.78 is 6.77. The van der Waals surface area contributed by atoms with Crippen LogP contribution in [0.4, 0.5) is 0 Å². The van der Waals surface area contributed by atoms with Crippen LogP contribution < -0.4 is 0 Å². The van der Waals surface area contributed by atoms with Crippen LogP contribution in [-0.4, -0.2) is 50.3 Å². The fourth-order valence-corrected chi connectivity index (χ4v) is 5.35. The quantitative estimate of drug-likeness (QED) is 0.572. The Kier molecular flexibility index (Phi) is 6.26. The number of ether oxygens (including phenoxy) is 1. The predicted octanol–water partition coefficient (Wildman–Crippen LogP) is 4.08. The minimum atomic E-state index is -0.250. The van der Waals surface area contributed by atoms with Crippen molar-refractivity contribution in [2.45, 2.75) is 39.2 Å². The van der Waals surface area contributed by atoms with Crippen molar-refractivity contribution in [3.05, 3.63) is 45.6 Å². The summed E-state index contributed by atoms with van der Waals surface area (Å²) in [4.78, 5) is 20.5. The van der Waals surface area contributed by atoms with Crippen LogP contribution in [0.2, 0.25) is 5.02 Å².